The fourth-order valence-corrected chi connectivity index (χ4v) is 2.58. The van der Waals surface area contributed by atoms with Gasteiger partial charge in [0.1, 0.15) is 23.2 Å². The molecule has 1 heterocycles. The Morgan fingerprint density at radius 1 is 1.07 bits per heavy atom. The number of anilines is 1. The molecule has 0 saturated heterocycles. The molecule has 1 amide bonds. The van der Waals surface area contributed by atoms with Crippen LogP contribution in [0.2, 0.25) is 0 Å². The molecule has 0 aliphatic rings. The molecule has 0 unspecified atom stereocenters. The highest BCUT2D eigenvalue weighted by Crippen LogP contribution is 2.24. The lowest BCUT2D eigenvalue weighted by Crippen LogP contribution is -2.13. The Bertz CT molecular complexity index is 1070. The van der Waals surface area contributed by atoms with Crippen LogP contribution in [0.4, 0.5) is 5.69 Å². The number of carbonyl (C=O) groups excluding carboxylic acids is 2. The number of nitrogens with zero attached hydrogens (tertiary/aromatic N) is 1. The zero-order chi connectivity index (χ0) is 20.6. The number of para-hydroxylation sites is 1. The summed E-state index contributed by atoms with van der Waals surface area (Å²) >= 11 is 0. The molecule has 2 aromatic carbocycles. The lowest BCUT2D eigenvalue weighted by molar-refractivity contribution is -0.112. The van der Waals surface area contributed by atoms with Gasteiger partial charge in [-0.25, -0.2) is 4.79 Å². The van der Waals surface area contributed by atoms with Gasteiger partial charge in [-0.1, -0.05) is 30.3 Å². The molecule has 6 heteroatoms. The SMILES string of the molecule is CCOC(=O)c1ccc(-c2ccc(/C=C(\C#N)C(=O)Nc3ccccc3)o2)cc1. The van der Waals surface area contributed by atoms with Crippen molar-refractivity contribution >= 4 is 23.6 Å². The number of carbonyl (C=O) groups is 2. The van der Waals surface area contributed by atoms with Crippen LogP contribution in [0, 0.1) is 11.3 Å². The fraction of sp³-hybridized carbons (Fsp3) is 0.0870. The first-order valence-electron chi connectivity index (χ1n) is 8.96. The third-order valence-corrected chi connectivity index (χ3v) is 3.99. The van der Waals surface area contributed by atoms with Gasteiger partial charge in [0.2, 0.25) is 0 Å². The molecule has 0 bridgehead atoms. The maximum atomic E-state index is 12.3. The molecule has 144 valence electrons. The second-order valence-corrected chi connectivity index (χ2v) is 5.99. The summed E-state index contributed by atoms with van der Waals surface area (Å²) in [6, 6.07) is 21.0. The molecule has 29 heavy (non-hydrogen) atoms. The molecule has 0 fully saturated rings. The maximum Gasteiger partial charge on any atom is 0.338 e. The van der Waals surface area contributed by atoms with Crippen molar-refractivity contribution in [3.8, 4) is 17.4 Å². The Labute approximate surface area is 168 Å². The standard InChI is InChI=1S/C23H18N2O4/c1-2-28-23(27)17-10-8-16(9-11-17)21-13-12-20(29-21)14-18(15-24)22(26)25-19-6-4-3-5-7-19/h3-14H,2H2,1H3,(H,25,26)/b18-14+. The van der Waals surface area contributed by atoms with Gasteiger partial charge in [0.05, 0.1) is 12.2 Å². The van der Waals surface area contributed by atoms with Gasteiger partial charge in [0, 0.05) is 17.3 Å². The van der Waals surface area contributed by atoms with Crippen molar-refractivity contribution in [1.29, 1.82) is 5.26 Å². The Morgan fingerprint density at radius 3 is 2.45 bits per heavy atom. The minimum absolute atomic E-state index is 0.0765. The molecule has 0 aliphatic heterocycles. The number of hydrogen-bond donors (Lipinski definition) is 1. The lowest BCUT2D eigenvalue weighted by atomic mass is 10.1. The van der Waals surface area contributed by atoms with Crippen LogP contribution in [-0.2, 0) is 9.53 Å². The van der Waals surface area contributed by atoms with E-state index in [0.29, 0.717) is 29.4 Å². The lowest BCUT2D eigenvalue weighted by Gasteiger charge is -2.03. The quantitative estimate of drug-likeness (QED) is 0.378. The molecule has 3 aromatic rings. The van der Waals surface area contributed by atoms with Gasteiger partial charge in [0.25, 0.3) is 5.91 Å². The summed E-state index contributed by atoms with van der Waals surface area (Å²) in [4.78, 5) is 24.0. The van der Waals surface area contributed by atoms with E-state index in [0.717, 1.165) is 5.56 Å². The third kappa shape index (κ3) is 4.99. The average Bonchev–Trinajstić information content (AvgIpc) is 3.21. The molecular formula is C23H18N2O4. The zero-order valence-corrected chi connectivity index (χ0v) is 15.7. The highest BCUT2D eigenvalue weighted by molar-refractivity contribution is 6.09. The first-order chi connectivity index (χ1) is 14.1. The van der Waals surface area contributed by atoms with Crippen molar-refractivity contribution in [2.75, 3.05) is 11.9 Å². The van der Waals surface area contributed by atoms with Crippen LogP contribution >= 0.6 is 0 Å². The summed E-state index contributed by atoms with van der Waals surface area (Å²) < 4.78 is 10.7. The largest absolute Gasteiger partial charge is 0.462 e. The number of rotatable bonds is 6. The van der Waals surface area contributed by atoms with E-state index in [9.17, 15) is 14.9 Å². The summed E-state index contributed by atoms with van der Waals surface area (Å²) in [5, 5.41) is 12.0. The summed E-state index contributed by atoms with van der Waals surface area (Å²) in [5.74, 6) is 0.0160. The van der Waals surface area contributed by atoms with E-state index in [1.54, 1.807) is 67.6 Å². The van der Waals surface area contributed by atoms with Crippen LogP contribution in [0.25, 0.3) is 17.4 Å². The highest BCUT2D eigenvalue weighted by atomic mass is 16.5. The number of ether oxygens (including phenoxy) is 1. The van der Waals surface area contributed by atoms with Gasteiger partial charge in [-0.05, 0) is 43.3 Å². The van der Waals surface area contributed by atoms with Crippen molar-refractivity contribution in [2.24, 2.45) is 0 Å². The van der Waals surface area contributed by atoms with Crippen LogP contribution in [0.3, 0.4) is 0 Å². The van der Waals surface area contributed by atoms with Crippen LogP contribution in [0.5, 0.6) is 0 Å². The molecule has 3 rings (SSSR count). The number of benzene rings is 2. The number of amides is 1. The van der Waals surface area contributed by atoms with Crippen LogP contribution in [-0.4, -0.2) is 18.5 Å². The topological polar surface area (TPSA) is 92.3 Å². The second kappa shape index (κ2) is 9.20. The minimum atomic E-state index is -0.518. The van der Waals surface area contributed by atoms with E-state index < -0.39 is 5.91 Å². The van der Waals surface area contributed by atoms with Gasteiger partial charge in [0.15, 0.2) is 0 Å². The van der Waals surface area contributed by atoms with E-state index in [1.807, 2.05) is 12.1 Å². The van der Waals surface area contributed by atoms with E-state index >= 15 is 0 Å². The average molecular weight is 386 g/mol. The van der Waals surface area contributed by atoms with E-state index in [-0.39, 0.29) is 11.5 Å². The molecule has 1 aromatic heterocycles. The molecule has 0 radical (unpaired) electrons. The van der Waals surface area contributed by atoms with Crippen LogP contribution in [0.15, 0.2) is 76.7 Å². The molecular weight excluding hydrogens is 368 g/mol. The van der Waals surface area contributed by atoms with Crippen LogP contribution < -0.4 is 5.32 Å². The number of furan rings is 1. The second-order valence-electron chi connectivity index (χ2n) is 5.99. The van der Waals surface area contributed by atoms with Crippen molar-refractivity contribution in [3.63, 3.8) is 0 Å². The number of esters is 1. The number of nitrogens with one attached hydrogen (secondary N) is 1. The first kappa shape index (κ1) is 19.6. The summed E-state index contributed by atoms with van der Waals surface area (Å²) in [5.41, 5.74) is 1.73. The van der Waals surface area contributed by atoms with E-state index in [2.05, 4.69) is 5.32 Å². The van der Waals surface area contributed by atoms with Gasteiger partial charge in [-0.3, -0.25) is 4.79 Å². The Kier molecular flexibility index (Phi) is 6.23. The van der Waals surface area contributed by atoms with Crippen LogP contribution in [0.1, 0.15) is 23.0 Å². The van der Waals surface area contributed by atoms with Crippen molar-refractivity contribution in [2.45, 2.75) is 6.92 Å². The van der Waals surface area contributed by atoms with Crippen molar-refractivity contribution < 1.29 is 18.7 Å². The maximum absolute atomic E-state index is 12.3. The normalized spacial score (nSPS) is 10.8. The number of hydrogen-bond acceptors (Lipinski definition) is 5. The zero-order valence-electron chi connectivity index (χ0n) is 15.7. The minimum Gasteiger partial charge on any atom is -0.462 e. The van der Waals surface area contributed by atoms with E-state index in [1.165, 1.54) is 6.08 Å². The smallest absolute Gasteiger partial charge is 0.338 e. The Morgan fingerprint density at radius 2 is 1.79 bits per heavy atom. The van der Waals surface area contributed by atoms with Gasteiger partial charge < -0.3 is 14.5 Å². The molecule has 6 nitrogen and oxygen atoms in total. The highest BCUT2D eigenvalue weighted by Gasteiger charge is 2.12. The molecule has 0 saturated carbocycles. The van der Waals surface area contributed by atoms with Crippen molar-refractivity contribution in [1.82, 2.24) is 0 Å². The Hall–Kier alpha value is -4.11. The summed E-state index contributed by atoms with van der Waals surface area (Å²) in [6.45, 7) is 2.06. The predicted molar refractivity (Wildman–Crippen MR) is 109 cm³/mol. The molecule has 1 N–H and O–H groups in total. The predicted octanol–water partition coefficient (Wildman–Crippen LogP) is 4.67. The van der Waals surface area contributed by atoms with Gasteiger partial charge >= 0.3 is 5.97 Å². The number of nitriles is 1. The van der Waals surface area contributed by atoms with E-state index in [4.69, 9.17) is 9.15 Å². The summed E-state index contributed by atoms with van der Waals surface area (Å²) in [7, 11) is 0. The van der Waals surface area contributed by atoms with Crippen molar-refractivity contribution in [3.05, 3.63) is 83.6 Å². The van der Waals surface area contributed by atoms with Gasteiger partial charge in [-0.2, -0.15) is 5.26 Å². The monoisotopic (exact) mass is 386 g/mol. The molecule has 0 atom stereocenters. The summed E-state index contributed by atoms with van der Waals surface area (Å²) in [6.07, 6.45) is 1.38. The Balaban J connectivity index is 1.75. The fourth-order valence-electron chi connectivity index (χ4n) is 2.58. The third-order valence-electron chi connectivity index (χ3n) is 3.99. The molecule has 0 spiro atoms. The van der Waals surface area contributed by atoms with Gasteiger partial charge in [-0.15, -0.1) is 0 Å². The first-order valence-corrected chi connectivity index (χ1v) is 8.96. The molecule has 0 aliphatic carbocycles.